The lowest BCUT2D eigenvalue weighted by atomic mass is 10.1. The SMILES string of the molecule is Cc1cnn(Cc2c(C(=O)NC3CCc4nnc(C)n4CC3)noc2C)c1. The van der Waals surface area contributed by atoms with Crippen molar-refractivity contribution in [2.45, 2.75) is 59.2 Å². The Hall–Kier alpha value is -2.97. The van der Waals surface area contributed by atoms with Crippen LogP contribution >= 0.6 is 0 Å². The molecule has 9 heteroatoms. The van der Waals surface area contributed by atoms with Crippen molar-refractivity contribution in [2.75, 3.05) is 0 Å². The van der Waals surface area contributed by atoms with E-state index in [4.69, 9.17) is 4.52 Å². The average Bonchev–Trinajstić information content (AvgIpc) is 3.27. The van der Waals surface area contributed by atoms with Gasteiger partial charge in [0.25, 0.3) is 5.91 Å². The van der Waals surface area contributed by atoms with Crippen molar-refractivity contribution < 1.29 is 9.32 Å². The largest absolute Gasteiger partial charge is 0.361 e. The van der Waals surface area contributed by atoms with Crippen LogP contribution in [0.1, 0.15) is 51.9 Å². The summed E-state index contributed by atoms with van der Waals surface area (Å²) < 4.78 is 9.20. The quantitative estimate of drug-likeness (QED) is 0.749. The lowest BCUT2D eigenvalue weighted by Crippen LogP contribution is -2.36. The lowest BCUT2D eigenvalue weighted by Gasteiger charge is -2.15. The fourth-order valence-corrected chi connectivity index (χ4v) is 3.50. The summed E-state index contributed by atoms with van der Waals surface area (Å²) in [6.45, 7) is 7.01. The highest BCUT2D eigenvalue weighted by atomic mass is 16.5. The van der Waals surface area contributed by atoms with E-state index in [1.54, 1.807) is 10.9 Å². The number of hydrogen-bond acceptors (Lipinski definition) is 6. The summed E-state index contributed by atoms with van der Waals surface area (Å²) in [6, 6.07) is 0.0652. The van der Waals surface area contributed by atoms with E-state index in [0.717, 1.165) is 48.6 Å². The van der Waals surface area contributed by atoms with Crippen molar-refractivity contribution in [3.63, 3.8) is 0 Å². The number of aryl methyl sites for hydroxylation is 4. The number of fused-ring (bicyclic) bond motifs is 1. The molecule has 4 heterocycles. The highest BCUT2D eigenvalue weighted by Crippen LogP contribution is 2.18. The molecule has 1 unspecified atom stereocenters. The summed E-state index contributed by atoms with van der Waals surface area (Å²) in [7, 11) is 0. The van der Waals surface area contributed by atoms with Crippen LogP contribution in [-0.2, 0) is 19.5 Å². The molecule has 0 radical (unpaired) electrons. The minimum Gasteiger partial charge on any atom is -0.361 e. The number of nitrogens with zero attached hydrogens (tertiary/aromatic N) is 6. The first-order chi connectivity index (χ1) is 13.0. The average molecular weight is 369 g/mol. The molecule has 1 aliphatic rings. The minimum absolute atomic E-state index is 0.0652. The molecule has 1 aliphatic heterocycles. The molecule has 9 nitrogen and oxygen atoms in total. The van der Waals surface area contributed by atoms with Gasteiger partial charge in [-0.25, -0.2) is 0 Å². The van der Waals surface area contributed by atoms with E-state index in [0.29, 0.717) is 18.0 Å². The molecule has 0 saturated carbocycles. The molecule has 0 bridgehead atoms. The van der Waals surface area contributed by atoms with E-state index >= 15 is 0 Å². The Balaban J connectivity index is 1.46. The van der Waals surface area contributed by atoms with E-state index in [1.807, 2.05) is 27.0 Å². The predicted octanol–water partition coefficient (Wildman–Crippen LogP) is 1.57. The monoisotopic (exact) mass is 369 g/mol. The zero-order valence-electron chi connectivity index (χ0n) is 15.8. The summed E-state index contributed by atoms with van der Waals surface area (Å²) in [5, 5.41) is 19.7. The second kappa shape index (κ2) is 6.98. The molecule has 1 amide bonds. The summed E-state index contributed by atoms with van der Waals surface area (Å²) in [5.41, 5.74) is 2.16. The van der Waals surface area contributed by atoms with Gasteiger partial charge in [-0.1, -0.05) is 5.16 Å². The minimum atomic E-state index is -0.204. The maximum atomic E-state index is 12.8. The number of aromatic nitrogens is 6. The Morgan fingerprint density at radius 1 is 1.30 bits per heavy atom. The van der Waals surface area contributed by atoms with Crippen molar-refractivity contribution in [2.24, 2.45) is 0 Å². The number of rotatable bonds is 4. The fourth-order valence-electron chi connectivity index (χ4n) is 3.50. The summed E-state index contributed by atoms with van der Waals surface area (Å²) in [4.78, 5) is 12.8. The van der Waals surface area contributed by atoms with E-state index in [2.05, 4.69) is 30.3 Å². The topological polar surface area (TPSA) is 104 Å². The van der Waals surface area contributed by atoms with Gasteiger partial charge in [0.1, 0.15) is 17.4 Å². The van der Waals surface area contributed by atoms with Crippen LogP contribution in [0.4, 0.5) is 0 Å². The number of nitrogens with one attached hydrogen (secondary N) is 1. The van der Waals surface area contributed by atoms with Crippen LogP contribution in [0.15, 0.2) is 16.9 Å². The van der Waals surface area contributed by atoms with Gasteiger partial charge in [-0.05, 0) is 39.2 Å². The molecule has 3 aromatic heterocycles. The van der Waals surface area contributed by atoms with E-state index < -0.39 is 0 Å². The van der Waals surface area contributed by atoms with E-state index in [-0.39, 0.29) is 11.9 Å². The van der Waals surface area contributed by atoms with Gasteiger partial charge in [0.2, 0.25) is 0 Å². The molecule has 0 spiro atoms. The van der Waals surface area contributed by atoms with Crippen molar-refractivity contribution >= 4 is 5.91 Å². The van der Waals surface area contributed by atoms with Crippen LogP contribution in [0.5, 0.6) is 0 Å². The van der Waals surface area contributed by atoms with Gasteiger partial charge in [0, 0.05) is 30.8 Å². The molecule has 0 aromatic carbocycles. The van der Waals surface area contributed by atoms with Crippen LogP contribution in [-0.4, -0.2) is 41.7 Å². The second-order valence-corrected chi connectivity index (χ2v) is 7.09. The van der Waals surface area contributed by atoms with E-state index in [1.165, 1.54) is 0 Å². The lowest BCUT2D eigenvalue weighted by molar-refractivity contribution is 0.0922. The van der Waals surface area contributed by atoms with Crippen LogP contribution in [0.3, 0.4) is 0 Å². The molecule has 142 valence electrons. The Bertz CT molecular complexity index is 968. The molecule has 3 aromatic rings. The Morgan fingerprint density at radius 2 is 2.15 bits per heavy atom. The Morgan fingerprint density at radius 3 is 2.93 bits per heavy atom. The highest BCUT2D eigenvalue weighted by Gasteiger charge is 2.25. The van der Waals surface area contributed by atoms with Gasteiger partial charge in [-0.15, -0.1) is 10.2 Å². The van der Waals surface area contributed by atoms with Gasteiger partial charge < -0.3 is 14.4 Å². The predicted molar refractivity (Wildman–Crippen MR) is 96.3 cm³/mol. The van der Waals surface area contributed by atoms with Crippen molar-refractivity contribution in [3.8, 4) is 0 Å². The third-order valence-corrected chi connectivity index (χ3v) is 5.05. The highest BCUT2D eigenvalue weighted by molar-refractivity contribution is 5.94. The molecule has 0 saturated heterocycles. The summed E-state index contributed by atoms with van der Waals surface area (Å²) >= 11 is 0. The first-order valence-electron chi connectivity index (χ1n) is 9.15. The van der Waals surface area contributed by atoms with Gasteiger partial charge in [-0.2, -0.15) is 5.10 Å². The molecule has 4 rings (SSSR count). The van der Waals surface area contributed by atoms with Crippen molar-refractivity contribution in [1.29, 1.82) is 0 Å². The third kappa shape index (κ3) is 3.49. The summed E-state index contributed by atoms with van der Waals surface area (Å²) in [5.74, 6) is 2.33. The molecular formula is C18H23N7O2. The first kappa shape index (κ1) is 17.4. The Kier molecular flexibility index (Phi) is 4.51. The zero-order valence-corrected chi connectivity index (χ0v) is 15.8. The smallest absolute Gasteiger partial charge is 0.274 e. The van der Waals surface area contributed by atoms with Crippen LogP contribution in [0, 0.1) is 20.8 Å². The second-order valence-electron chi connectivity index (χ2n) is 7.09. The van der Waals surface area contributed by atoms with E-state index in [9.17, 15) is 4.79 Å². The van der Waals surface area contributed by atoms with Gasteiger partial charge in [-0.3, -0.25) is 9.48 Å². The number of amides is 1. The number of carbonyl (C=O) groups excluding carboxylic acids is 1. The van der Waals surface area contributed by atoms with Crippen LogP contribution in [0.25, 0.3) is 0 Å². The fraction of sp³-hybridized carbons (Fsp3) is 0.500. The maximum Gasteiger partial charge on any atom is 0.274 e. The molecule has 27 heavy (non-hydrogen) atoms. The molecule has 0 aliphatic carbocycles. The van der Waals surface area contributed by atoms with Gasteiger partial charge in [0.15, 0.2) is 5.69 Å². The zero-order chi connectivity index (χ0) is 19.0. The van der Waals surface area contributed by atoms with Gasteiger partial charge >= 0.3 is 0 Å². The van der Waals surface area contributed by atoms with Crippen molar-refractivity contribution in [3.05, 3.63) is 46.6 Å². The normalized spacial score (nSPS) is 16.8. The molecule has 1 atom stereocenters. The van der Waals surface area contributed by atoms with Crippen LogP contribution in [0.2, 0.25) is 0 Å². The first-order valence-corrected chi connectivity index (χ1v) is 9.15. The number of carbonyl (C=O) groups is 1. The molecule has 1 N–H and O–H groups in total. The summed E-state index contributed by atoms with van der Waals surface area (Å²) in [6.07, 6.45) is 6.17. The maximum absolute atomic E-state index is 12.8. The van der Waals surface area contributed by atoms with Crippen molar-refractivity contribution in [1.82, 2.24) is 35.0 Å². The van der Waals surface area contributed by atoms with Gasteiger partial charge in [0.05, 0.1) is 12.7 Å². The Labute approximate surface area is 156 Å². The molecular weight excluding hydrogens is 346 g/mol. The van der Waals surface area contributed by atoms with Crippen LogP contribution < -0.4 is 5.32 Å². The number of hydrogen-bond donors (Lipinski definition) is 1. The molecule has 0 fully saturated rings. The third-order valence-electron chi connectivity index (χ3n) is 5.05. The standard InChI is InChI=1S/C18H23N7O2/c1-11-8-19-24(9-11)10-15-12(2)27-23-17(15)18(26)20-14-4-5-16-22-21-13(3)25(16)7-6-14/h8-9,14H,4-7,10H2,1-3H3,(H,20,26).